The summed E-state index contributed by atoms with van der Waals surface area (Å²) in [5.41, 5.74) is 1.13. The molecule has 1 aliphatic rings. The fraction of sp³-hybridized carbons (Fsp3) is 0.643. The Morgan fingerprint density at radius 3 is 3.21 bits per heavy atom. The molecule has 0 aliphatic carbocycles. The Bertz CT molecular complexity index is 413. The molecule has 106 valence electrons. The number of hydrogen-bond donors (Lipinski definition) is 1. The van der Waals surface area contributed by atoms with E-state index >= 15 is 0 Å². The van der Waals surface area contributed by atoms with Crippen molar-refractivity contribution in [2.24, 2.45) is 5.92 Å². The number of carbonyl (C=O) groups is 1. The van der Waals surface area contributed by atoms with Crippen molar-refractivity contribution in [2.45, 2.75) is 32.4 Å². The van der Waals surface area contributed by atoms with Crippen LogP contribution in [0.3, 0.4) is 0 Å². The van der Waals surface area contributed by atoms with Crippen LogP contribution in [0, 0.1) is 5.92 Å². The zero-order chi connectivity index (χ0) is 13.7. The molecule has 1 aromatic rings. The molecule has 0 saturated carbocycles. The third kappa shape index (κ3) is 4.03. The largest absolute Gasteiger partial charge is 0.465 e. The first-order chi connectivity index (χ1) is 9.20. The van der Waals surface area contributed by atoms with Gasteiger partial charge < -0.3 is 14.8 Å². The molecule has 2 atom stereocenters. The number of thiophene rings is 1. The molecule has 2 rings (SSSR count). The molecule has 0 radical (unpaired) electrons. The van der Waals surface area contributed by atoms with Crippen molar-refractivity contribution < 1.29 is 14.3 Å². The van der Waals surface area contributed by atoms with Gasteiger partial charge in [0, 0.05) is 19.2 Å². The first-order valence-corrected chi connectivity index (χ1v) is 7.55. The zero-order valence-corrected chi connectivity index (χ0v) is 12.3. The van der Waals surface area contributed by atoms with Crippen LogP contribution in [0.2, 0.25) is 0 Å². The Morgan fingerprint density at radius 1 is 1.68 bits per heavy atom. The minimum atomic E-state index is -0.259. The van der Waals surface area contributed by atoms with Gasteiger partial charge in [-0.25, -0.2) is 4.79 Å². The van der Waals surface area contributed by atoms with E-state index in [2.05, 4.69) is 12.2 Å². The molecule has 1 aliphatic heterocycles. The van der Waals surface area contributed by atoms with Crippen molar-refractivity contribution in [2.75, 3.05) is 20.3 Å². The van der Waals surface area contributed by atoms with Crippen molar-refractivity contribution >= 4 is 17.3 Å². The average molecular weight is 283 g/mol. The summed E-state index contributed by atoms with van der Waals surface area (Å²) in [6.07, 6.45) is 2.38. The number of ether oxygens (including phenoxy) is 2. The third-order valence-corrected chi connectivity index (χ3v) is 4.53. The number of nitrogens with one attached hydrogen (secondary N) is 1. The topological polar surface area (TPSA) is 47.6 Å². The molecule has 0 spiro atoms. The van der Waals surface area contributed by atoms with Crippen LogP contribution in [0.15, 0.2) is 11.4 Å². The lowest BCUT2D eigenvalue weighted by molar-refractivity contribution is 0.0417. The molecule has 19 heavy (non-hydrogen) atoms. The Labute approximate surface area is 118 Å². The van der Waals surface area contributed by atoms with Crippen molar-refractivity contribution in [1.82, 2.24) is 5.32 Å². The Hall–Kier alpha value is -0.910. The van der Waals surface area contributed by atoms with E-state index in [1.807, 2.05) is 11.4 Å². The van der Waals surface area contributed by atoms with Gasteiger partial charge in [0.25, 0.3) is 0 Å². The van der Waals surface area contributed by atoms with Gasteiger partial charge in [-0.05, 0) is 42.7 Å². The van der Waals surface area contributed by atoms with Crippen LogP contribution in [0.1, 0.15) is 35.0 Å². The Morgan fingerprint density at radius 2 is 2.53 bits per heavy atom. The maximum atomic E-state index is 11.4. The van der Waals surface area contributed by atoms with Gasteiger partial charge in [0.05, 0.1) is 13.7 Å². The monoisotopic (exact) mass is 283 g/mol. The van der Waals surface area contributed by atoms with Crippen LogP contribution >= 0.6 is 11.3 Å². The van der Waals surface area contributed by atoms with Crippen LogP contribution in [-0.4, -0.2) is 32.3 Å². The van der Waals surface area contributed by atoms with Crippen molar-refractivity contribution in [3.63, 3.8) is 0 Å². The lowest BCUT2D eigenvalue weighted by Gasteiger charge is -2.28. The summed E-state index contributed by atoms with van der Waals surface area (Å²) in [6.45, 7) is 4.74. The molecule has 2 unspecified atom stereocenters. The molecule has 0 amide bonds. The van der Waals surface area contributed by atoms with Crippen LogP contribution in [0.5, 0.6) is 0 Å². The van der Waals surface area contributed by atoms with Gasteiger partial charge in [0.15, 0.2) is 0 Å². The summed E-state index contributed by atoms with van der Waals surface area (Å²) in [4.78, 5) is 12.0. The standard InChI is InChI=1S/C14H21NO3S/c1-10(12-4-3-5-18-8-12)15-7-11-6-13(19-9-11)14(16)17-2/h6,9-10,12,15H,3-5,7-8H2,1-2H3. The van der Waals surface area contributed by atoms with E-state index in [-0.39, 0.29) is 5.97 Å². The van der Waals surface area contributed by atoms with Crippen molar-refractivity contribution in [3.05, 3.63) is 21.9 Å². The maximum Gasteiger partial charge on any atom is 0.348 e. The third-order valence-electron chi connectivity index (χ3n) is 3.57. The second kappa shape index (κ2) is 7.03. The van der Waals surface area contributed by atoms with E-state index in [9.17, 15) is 4.79 Å². The van der Waals surface area contributed by atoms with E-state index in [4.69, 9.17) is 9.47 Å². The van der Waals surface area contributed by atoms with Crippen molar-refractivity contribution in [1.29, 1.82) is 0 Å². The van der Waals surface area contributed by atoms with Crippen molar-refractivity contribution in [3.8, 4) is 0 Å². The molecule has 0 aromatic carbocycles. The highest BCUT2D eigenvalue weighted by atomic mass is 32.1. The first-order valence-electron chi connectivity index (χ1n) is 6.67. The zero-order valence-electron chi connectivity index (χ0n) is 11.5. The highest BCUT2D eigenvalue weighted by molar-refractivity contribution is 7.12. The van der Waals surface area contributed by atoms with E-state index in [1.165, 1.54) is 24.9 Å². The predicted octanol–water partition coefficient (Wildman–Crippen LogP) is 2.44. The smallest absolute Gasteiger partial charge is 0.348 e. The van der Waals surface area contributed by atoms with Crippen LogP contribution < -0.4 is 5.32 Å². The Balaban J connectivity index is 1.81. The number of methoxy groups -OCH3 is 1. The van der Waals surface area contributed by atoms with Crippen LogP contribution in [0.25, 0.3) is 0 Å². The minimum absolute atomic E-state index is 0.259. The number of esters is 1. The van der Waals surface area contributed by atoms with Crippen LogP contribution in [-0.2, 0) is 16.0 Å². The fourth-order valence-electron chi connectivity index (χ4n) is 2.28. The number of carbonyl (C=O) groups excluding carboxylic acids is 1. The van der Waals surface area contributed by atoms with Gasteiger partial charge in [-0.2, -0.15) is 0 Å². The molecule has 0 bridgehead atoms. The highest BCUT2D eigenvalue weighted by Gasteiger charge is 2.20. The summed E-state index contributed by atoms with van der Waals surface area (Å²) < 4.78 is 10.2. The second-order valence-corrected chi connectivity index (χ2v) is 5.87. The fourth-order valence-corrected chi connectivity index (χ4v) is 3.11. The number of rotatable bonds is 5. The summed E-state index contributed by atoms with van der Waals surface area (Å²) in [7, 11) is 1.41. The highest BCUT2D eigenvalue weighted by Crippen LogP contribution is 2.19. The Kier molecular flexibility index (Phi) is 5.36. The lowest BCUT2D eigenvalue weighted by Crippen LogP contribution is -2.37. The van der Waals surface area contributed by atoms with Gasteiger partial charge in [0.2, 0.25) is 0 Å². The van der Waals surface area contributed by atoms with Gasteiger partial charge in [0.1, 0.15) is 4.88 Å². The molecule has 1 aromatic heterocycles. The van der Waals surface area contributed by atoms with Gasteiger partial charge in [-0.3, -0.25) is 0 Å². The summed E-state index contributed by atoms with van der Waals surface area (Å²) in [6, 6.07) is 2.33. The van der Waals surface area contributed by atoms with Crippen LogP contribution in [0.4, 0.5) is 0 Å². The molecule has 2 heterocycles. The van der Waals surface area contributed by atoms with Gasteiger partial charge in [-0.1, -0.05) is 0 Å². The first kappa shape index (κ1) is 14.5. The summed E-state index contributed by atoms with van der Waals surface area (Å²) in [5, 5.41) is 5.52. The lowest BCUT2D eigenvalue weighted by atomic mass is 9.95. The molecule has 5 heteroatoms. The maximum absolute atomic E-state index is 11.4. The molecular weight excluding hydrogens is 262 g/mol. The summed E-state index contributed by atoms with van der Waals surface area (Å²) >= 11 is 1.43. The van der Waals surface area contributed by atoms with E-state index in [0.717, 1.165) is 31.7 Å². The molecule has 4 nitrogen and oxygen atoms in total. The quantitative estimate of drug-likeness (QED) is 0.843. The van der Waals surface area contributed by atoms with E-state index in [1.54, 1.807) is 0 Å². The van der Waals surface area contributed by atoms with Gasteiger partial charge >= 0.3 is 5.97 Å². The molecule has 1 fully saturated rings. The minimum Gasteiger partial charge on any atom is -0.465 e. The van der Waals surface area contributed by atoms with E-state index in [0.29, 0.717) is 16.8 Å². The summed E-state index contributed by atoms with van der Waals surface area (Å²) in [5.74, 6) is 0.331. The predicted molar refractivity (Wildman–Crippen MR) is 75.5 cm³/mol. The average Bonchev–Trinajstić information content (AvgIpc) is 2.93. The normalized spacial score (nSPS) is 21.1. The molecular formula is C14H21NO3S. The van der Waals surface area contributed by atoms with Gasteiger partial charge in [-0.15, -0.1) is 11.3 Å². The molecule has 1 N–H and O–H groups in total. The second-order valence-electron chi connectivity index (χ2n) is 4.96. The SMILES string of the molecule is COC(=O)c1cc(CNC(C)C2CCCOC2)cs1. The molecule has 1 saturated heterocycles. The van der Waals surface area contributed by atoms with E-state index < -0.39 is 0 Å². The number of hydrogen-bond acceptors (Lipinski definition) is 5.